The summed E-state index contributed by atoms with van der Waals surface area (Å²) in [6, 6.07) is 4.76. The molecule has 1 amide bonds. The number of nitrogen functional groups attached to an aromatic ring is 1. The Morgan fingerprint density at radius 1 is 1.40 bits per heavy atom. The molecule has 3 N–H and O–H groups in total. The summed E-state index contributed by atoms with van der Waals surface area (Å²) in [6.45, 7) is 0. The van der Waals surface area contributed by atoms with Gasteiger partial charge in [-0.25, -0.2) is 0 Å². The fraction of sp³-hybridized carbons (Fsp3) is 0.462. The van der Waals surface area contributed by atoms with E-state index in [1.165, 1.54) is 7.11 Å². The number of carbonyl (C=O) groups excluding carboxylic acids is 1. The molecule has 2 rings (SSSR count). The van der Waals surface area contributed by atoms with Crippen molar-refractivity contribution in [2.45, 2.75) is 31.0 Å². The number of alkyl halides is 3. The molecule has 0 heterocycles. The quantitative estimate of drug-likeness (QED) is 0.839. The molecule has 0 aliphatic heterocycles. The van der Waals surface area contributed by atoms with E-state index < -0.39 is 17.6 Å². The van der Waals surface area contributed by atoms with Gasteiger partial charge in [0.05, 0.1) is 18.3 Å². The second-order valence-electron chi connectivity index (χ2n) is 4.84. The third-order valence-electron chi connectivity index (χ3n) is 3.60. The number of hydrogen-bond donors (Lipinski definition) is 2. The van der Waals surface area contributed by atoms with Crippen LogP contribution in [0.5, 0.6) is 5.75 Å². The van der Waals surface area contributed by atoms with Crippen molar-refractivity contribution in [1.29, 1.82) is 0 Å². The van der Waals surface area contributed by atoms with Crippen molar-refractivity contribution >= 4 is 11.6 Å². The number of anilines is 1. The van der Waals surface area contributed by atoms with Gasteiger partial charge in [0, 0.05) is 0 Å². The van der Waals surface area contributed by atoms with E-state index in [1.807, 2.05) is 0 Å². The van der Waals surface area contributed by atoms with Crippen LogP contribution < -0.4 is 15.8 Å². The fourth-order valence-corrected chi connectivity index (χ4v) is 2.31. The van der Waals surface area contributed by atoms with Crippen LogP contribution in [0, 0.1) is 0 Å². The van der Waals surface area contributed by atoms with Crippen LogP contribution in [0.15, 0.2) is 18.2 Å². The lowest BCUT2D eigenvalue weighted by atomic mass is 9.71. The Balaban J connectivity index is 2.30. The largest absolute Gasteiger partial charge is 0.495 e. The SMILES string of the molecule is COc1cc(C2(NC(=O)C(F)(F)F)CCC2)ccc1N. The van der Waals surface area contributed by atoms with Crippen LogP contribution in [0.4, 0.5) is 18.9 Å². The highest BCUT2D eigenvalue weighted by Gasteiger charge is 2.47. The molecule has 1 fully saturated rings. The Hall–Kier alpha value is -1.92. The zero-order valence-electron chi connectivity index (χ0n) is 10.9. The Bertz CT molecular complexity index is 525. The van der Waals surface area contributed by atoms with Crippen molar-refractivity contribution in [3.05, 3.63) is 23.8 Å². The predicted molar refractivity (Wildman–Crippen MR) is 67.1 cm³/mol. The summed E-state index contributed by atoms with van der Waals surface area (Å²) in [4.78, 5) is 11.2. The molecular weight excluding hydrogens is 273 g/mol. The molecule has 0 bridgehead atoms. The molecular formula is C13H15F3N2O2. The van der Waals surface area contributed by atoms with E-state index in [4.69, 9.17) is 10.5 Å². The van der Waals surface area contributed by atoms with Crippen LogP contribution in [0.2, 0.25) is 0 Å². The molecule has 20 heavy (non-hydrogen) atoms. The van der Waals surface area contributed by atoms with Crippen LogP contribution in [-0.4, -0.2) is 19.2 Å². The van der Waals surface area contributed by atoms with Crippen molar-refractivity contribution in [1.82, 2.24) is 5.32 Å². The van der Waals surface area contributed by atoms with E-state index in [0.29, 0.717) is 29.8 Å². The van der Waals surface area contributed by atoms with Crippen molar-refractivity contribution in [2.24, 2.45) is 0 Å². The lowest BCUT2D eigenvalue weighted by molar-refractivity contribution is -0.177. The molecule has 7 heteroatoms. The van der Waals surface area contributed by atoms with Crippen molar-refractivity contribution in [2.75, 3.05) is 12.8 Å². The average molecular weight is 288 g/mol. The van der Waals surface area contributed by atoms with E-state index in [9.17, 15) is 18.0 Å². The van der Waals surface area contributed by atoms with Gasteiger partial charge in [-0.15, -0.1) is 0 Å². The minimum Gasteiger partial charge on any atom is -0.495 e. The molecule has 0 radical (unpaired) electrons. The number of methoxy groups -OCH3 is 1. The molecule has 0 spiro atoms. The zero-order chi connectivity index (χ0) is 15.0. The number of amides is 1. The van der Waals surface area contributed by atoms with Gasteiger partial charge in [0.15, 0.2) is 0 Å². The first kappa shape index (κ1) is 14.5. The topological polar surface area (TPSA) is 64.3 Å². The molecule has 1 aliphatic rings. The van der Waals surface area contributed by atoms with Crippen molar-refractivity contribution < 1.29 is 22.7 Å². The van der Waals surface area contributed by atoms with E-state index in [2.05, 4.69) is 5.32 Å². The molecule has 0 atom stereocenters. The van der Waals surface area contributed by atoms with Crippen molar-refractivity contribution in [3.63, 3.8) is 0 Å². The number of halogens is 3. The van der Waals surface area contributed by atoms with Crippen LogP contribution in [0.25, 0.3) is 0 Å². The van der Waals surface area contributed by atoms with E-state index in [1.54, 1.807) is 18.2 Å². The summed E-state index contributed by atoms with van der Waals surface area (Å²) in [5, 5.41) is 2.10. The van der Waals surface area contributed by atoms with Crippen LogP contribution in [0.1, 0.15) is 24.8 Å². The van der Waals surface area contributed by atoms with Crippen molar-refractivity contribution in [3.8, 4) is 5.75 Å². The normalized spacial score (nSPS) is 17.2. The second kappa shape index (κ2) is 4.88. The first-order chi connectivity index (χ1) is 9.28. The lowest BCUT2D eigenvalue weighted by Gasteiger charge is -2.43. The minimum atomic E-state index is -4.89. The summed E-state index contributed by atoms with van der Waals surface area (Å²) in [7, 11) is 1.43. The number of benzene rings is 1. The fourth-order valence-electron chi connectivity index (χ4n) is 2.31. The Morgan fingerprint density at radius 2 is 2.05 bits per heavy atom. The first-order valence-electron chi connectivity index (χ1n) is 6.12. The third kappa shape index (κ3) is 2.52. The van der Waals surface area contributed by atoms with Crippen LogP contribution >= 0.6 is 0 Å². The molecule has 0 unspecified atom stereocenters. The average Bonchev–Trinajstić information content (AvgIpc) is 2.33. The molecule has 4 nitrogen and oxygen atoms in total. The van der Waals surface area contributed by atoms with Crippen LogP contribution in [-0.2, 0) is 10.3 Å². The Morgan fingerprint density at radius 3 is 2.50 bits per heavy atom. The monoisotopic (exact) mass is 288 g/mol. The van der Waals surface area contributed by atoms with Gasteiger partial charge in [-0.3, -0.25) is 4.79 Å². The van der Waals surface area contributed by atoms with Gasteiger partial charge in [0.25, 0.3) is 0 Å². The highest BCUT2D eigenvalue weighted by molar-refractivity contribution is 5.82. The van der Waals surface area contributed by atoms with Gasteiger partial charge in [-0.2, -0.15) is 13.2 Å². The molecule has 0 aromatic heterocycles. The smallest absolute Gasteiger partial charge is 0.471 e. The molecule has 0 saturated heterocycles. The second-order valence-corrected chi connectivity index (χ2v) is 4.84. The van der Waals surface area contributed by atoms with Gasteiger partial charge in [0.2, 0.25) is 0 Å². The maximum atomic E-state index is 12.4. The molecule has 1 aliphatic carbocycles. The molecule has 1 aromatic carbocycles. The Kier molecular flexibility index (Phi) is 3.54. The van der Waals surface area contributed by atoms with E-state index >= 15 is 0 Å². The Labute approximate surface area is 114 Å². The number of ether oxygens (including phenoxy) is 1. The molecule has 1 aromatic rings. The summed E-state index contributed by atoms with van der Waals surface area (Å²) in [6.07, 6.45) is -3.21. The summed E-state index contributed by atoms with van der Waals surface area (Å²) < 4.78 is 42.3. The number of hydrogen-bond acceptors (Lipinski definition) is 3. The van der Waals surface area contributed by atoms with Crippen LogP contribution in [0.3, 0.4) is 0 Å². The third-order valence-corrected chi connectivity index (χ3v) is 3.60. The highest BCUT2D eigenvalue weighted by atomic mass is 19.4. The van der Waals surface area contributed by atoms with Gasteiger partial charge in [-0.05, 0) is 37.0 Å². The molecule has 1 saturated carbocycles. The van der Waals surface area contributed by atoms with Gasteiger partial charge in [-0.1, -0.05) is 6.07 Å². The summed E-state index contributed by atoms with van der Waals surface area (Å²) >= 11 is 0. The number of nitrogens with two attached hydrogens (primary N) is 1. The zero-order valence-corrected chi connectivity index (χ0v) is 10.9. The maximum Gasteiger partial charge on any atom is 0.471 e. The van der Waals surface area contributed by atoms with E-state index in [0.717, 1.165) is 6.42 Å². The van der Waals surface area contributed by atoms with Gasteiger partial charge in [0.1, 0.15) is 5.75 Å². The predicted octanol–water partition coefficient (Wildman–Crippen LogP) is 2.34. The molecule has 110 valence electrons. The first-order valence-corrected chi connectivity index (χ1v) is 6.12. The summed E-state index contributed by atoms with van der Waals surface area (Å²) in [5.74, 6) is -1.54. The standard InChI is InChI=1S/C13H15F3N2O2/c1-20-10-7-8(3-4-9(10)17)12(5-2-6-12)18-11(19)13(14,15)16/h3-4,7H,2,5-6,17H2,1H3,(H,18,19). The minimum absolute atomic E-state index is 0.384. The summed E-state index contributed by atoms with van der Waals surface area (Å²) in [5.41, 5.74) is 5.67. The van der Waals surface area contributed by atoms with E-state index in [-0.39, 0.29) is 0 Å². The number of carbonyl (C=O) groups is 1. The maximum absolute atomic E-state index is 12.4. The number of nitrogens with one attached hydrogen (secondary N) is 1. The highest BCUT2D eigenvalue weighted by Crippen LogP contribution is 2.43. The lowest BCUT2D eigenvalue weighted by Crippen LogP contribution is -2.54. The van der Waals surface area contributed by atoms with Gasteiger partial charge < -0.3 is 15.8 Å². The van der Waals surface area contributed by atoms with Gasteiger partial charge >= 0.3 is 12.1 Å². The number of rotatable bonds is 3.